The summed E-state index contributed by atoms with van der Waals surface area (Å²) in [6.45, 7) is 1.54. The van der Waals surface area contributed by atoms with Crippen molar-refractivity contribution in [2.24, 2.45) is 0 Å². The number of aliphatic carboxylic acids is 1. The molecule has 76 valence electrons. The predicted molar refractivity (Wildman–Crippen MR) is 51.8 cm³/mol. The fourth-order valence-corrected chi connectivity index (χ4v) is 0.574. The van der Waals surface area contributed by atoms with E-state index in [-0.39, 0.29) is 79.3 Å². The summed E-state index contributed by atoms with van der Waals surface area (Å²) in [5.41, 5.74) is 0.220. The molecule has 0 fully saturated rings. The van der Waals surface area contributed by atoms with Crippen molar-refractivity contribution < 1.29 is 49.4 Å². The van der Waals surface area contributed by atoms with Gasteiger partial charge in [-0.2, -0.15) is 0 Å². The molecule has 0 aliphatic heterocycles. The first kappa shape index (κ1) is 21.7. The number of rotatable bonds is 2. The summed E-state index contributed by atoms with van der Waals surface area (Å²) in [4.78, 5) is 19.3. The summed E-state index contributed by atoms with van der Waals surface area (Å²) in [6.07, 6.45) is 0.111. The first-order valence-corrected chi connectivity index (χ1v) is 4.04. The zero-order chi connectivity index (χ0) is 11.0. The van der Waals surface area contributed by atoms with Crippen molar-refractivity contribution in [3.05, 3.63) is 35.9 Å². The van der Waals surface area contributed by atoms with Crippen LogP contribution in [0.5, 0.6) is 0 Å². The molecule has 0 heterocycles. The van der Waals surface area contributed by atoms with Crippen LogP contribution in [0.2, 0.25) is 0 Å². The molecule has 0 radical (unpaired) electrons. The summed E-state index contributed by atoms with van der Waals surface area (Å²) in [7, 11) is 0. The normalized spacial score (nSPS) is 7.31. The summed E-state index contributed by atoms with van der Waals surface area (Å²) in [6, 6.07) is 8.06. The Balaban J connectivity index is -0.000000214. The van der Waals surface area contributed by atoms with E-state index >= 15 is 0 Å². The van der Waals surface area contributed by atoms with Crippen molar-refractivity contribution >= 4 is 49.7 Å². The molecule has 0 unspecified atom stereocenters. The molecule has 0 saturated heterocycles. The number of benzene rings is 1. The van der Waals surface area contributed by atoms with Crippen LogP contribution in [0, 0.1) is 0 Å². The minimum absolute atomic E-state index is 0. The maximum Gasteiger partial charge on any atom is 2.00 e. The molecular formula is C10H10CaNaO4+. The standard InChI is InChI=1S/C7H6O2.C3H6O2.Ca.Na/c8-7(9)6-4-2-1-3-5-6;1-2-3(4)5;;/h1-5H,(H,8,9);2H2,1H3,(H,4,5);;/q;;+2;+1/p-2. The molecular weight excluding hydrogens is 247 g/mol. The summed E-state index contributed by atoms with van der Waals surface area (Å²) in [5.74, 6) is -2.12. The summed E-state index contributed by atoms with van der Waals surface area (Å²) in [5, 5.41) is 19.3. The molecule has 0 aliphatic rings. The average Bonchev–Trinajstić information content (AvgIpc) is 2.20. The third kappa shape index (κ3) is 12.5. The van der Waals surface area contributed by atoms with Crippen molar-refractivity contribution in [1.82, 2.24) is 0 Å². The Morgan fingerprint density at radius 3 is 1.69 bits per heavy atom. The van der Waals surface area contributed by atoms with E-state index < -0.39 is 11.9 Å². The minimum Gasteiger partial charge on any atom is -0.550 e. The number of carbonyl (C=O) groups excluding carboxylic acids is 2. The molecule has 1 aromatic rings. The van der Waals surface area contributed by atoms with Crippen LogP contribution in [0.15, 0.2) is 30.3 Å². The molecule has 4 nitrogen and oxygen atoms in total. The fraction of sp³-hybridized carbons (Fsp3) is 0.200. The van der Waals surface area contributed by atoms with E-state index in [1.807, 2.05) is 0 Å². The molecule has 0 spiro atoms. The topological polar surface area (TPSA) is 80.3 Å². The number of carboxylic acids is 2. The van der Waals surface area contributed by atoms with Gasteiger partial charge in [0.05, 0.1) is 5.97 Å². The van der Waals surface area contributed by atoms with Crippen LogP contribution in [-0.2, 0) is 4.79 Å². The molecule has 16 heavy (non-hydrogen) atoms. The SMILES string of the molecule is CCC(=O)[O-].O=C([O-])c1ccccc1.[Ca+2].[Na+]. The second-order valence-corrected chi connectivity index (χ2v) is 2.38. The van der Waals surface area contributed by atoms with Gasteiger partial charge in [-0.15, -0.1) is 0 Å². The predicted octanol–water partition coefficient (Wildman–Crippen LogP) is -4.18. The van der Waals surface area contributed by atoms with Gasteiger partial charge in [0.1, 0.15) is 0 Å². The molecule has 0 aromatic heterocycles. The van der Waals surface area contributed by atoms with Gasteiger partial charge in [0, 0.05) is 5.97 Å². The average molecular weight is 257 g/mol. The minimum atomic E-state index is -1.13. The third-order valence-corrected chi connectivity index (χ3v) is 1.30. The van der Waals surface area contributed by atoms with Gasteiger partial charge in [-0.3, -0.25) is 0 Å². The van der Waals surface area contributed by atoms with Crippen LogP contribution in [0.25, 0.3) is 0 Å². The monoisotopic (exact) mass is 257 g/mol. The molecule has 0 aliphatic carbocycles. The van der Waals surface area contributed by atoms with Gasteiger partial charge in [-0.25, -0.2) is 0 Å². The van der Waals surface area contributed by atoms with E-state index in [1.54, 1.807) is 18.2 Å². The maximum absolute atomic E-state index is 10.1. The van der Waals surface area contributed by atoms with Gasteiger partial charge in [0.25, 0.3) is 0 Å². The smallest absolute Gasteiger partial charge is 0.550 e. The molecule has 1 rings (SSSR count). The molecule has 6 heteroatoms. The van der Waals surface area contributed by atoms with Crippen molar-refractivity contribution in [3.8, 4) is 0 Å². The van der Waals surface area contributed by atoms with E-state index in [0.717, 1.165) is 0 Å². The molecule has 0 amide bonds. The maximum atomic E-state index is 10.1. The van der Waals surface area contributed by atoms with Crippen molar-refractivity contribution in [3.63, 3.8) is 0 Å². The Morgan fingerprint density at radius 2 is 1.50 bits per heavy atom. The van der Waals surface area contributed by atoms with Crippen LogP contribution >= 0.6 is 0 Å². The van der Waals surface area contributed by atoms with E-state index in [0.29, 0.717) is 0 Å². The van der Waals surface area contributed by atoms with Gasteiger partial charge in [0.2, 0.25) is 0 Å². The van der Waals surface area contributed by atoms with Crippen molar-refractivity contribution in [2.75, 3.05) is 0 Å². The molecule has 1 aromatic carbocycles. The molecule has 0 bridgehead atoms. The van der Waals surface area contributed by atoms with Gasteiger partial charge in [-0.1, -0.05) is 37.3 Å². The molecule has 0 saturated carbocycles. The second kappa shape index (κ2) is 13.5. The van der Waals surface area contributed by atoms with E-state index in [2.05, 4.69) is 0 Å². The number of carbonyl (C=O) groups is 2. The Hall–Kier alpha value is 0.420. The number of hydrogen-bond donors (Lipinski definition) is 0. The van der Waals surface area contributed by atoms with Crippen LogP contribution < -0.4 is 39.8 Å². The van der Waals surface area contributed by atoms with E-state index in [1.165, 1.54) is 19.1 Å². The number of aromatic carboxylic acids is 1. The third-order valence-electron chi connectivity index (χ3n) is 1.30. The Labute approximate surface area is 146 Å². The zero-order valence-electron chi connectivity index (χ0n) is 9.43. The fourth-order valence-electron chi connectivity index (χ4n) is 0.574. The number of hydrogen-bond acceptors (Lipinski definition) is 4. The second-order valence-electron chi connectivity index (χ2n) is 2.38. The number of carboxylic acid groups (broad SMARTS) is 2. The first-order chi connectivity index (χ1) is 6.57. The quantitative estimate of drug-likeness (QED) is 0.503. The largest absolute Gasteiger partial charge is 2.00 e. The van der Waals surface area contributed by atoms with Crippen molar-refractivity contribution in [1.29, 1.82) is 0 Å². The van der Waals surface area contributed by atoms with E-state index in [4.69, 9.17) is 0 Å². The van der Waals surface area contributed by atoms with Crippen LogP contribution in [0.3, 0.4) is 0 Å². The van der Waals surface area contributed by atoms with Gasteiger partial charge >= 0.3 is 67.3 Å². The Morgan fingerprint density at radius 1 is 1.12 bits per heavy atom. The Bertz CT molecular complexity index is 303. The van der Waals surface area contributed by atoms with Gasteiger partial charge in [0.15, 0.2) is 0 Å². The summed E-state index contributed by atoms with van der Waals surface area (Å²) >= 11 is 0. The van der Waals surface area contributed by atoms with Crippen molar-refractivity contribution in [2.45, 2.75) is 13.3 Å². The van der Waals surface area contributed by atoms with Crippen LogP contribution in [-0.4, -0.2) is 49.7 Å². The summed E-state index contributed by atoms with van der Waals surface area (Å²) < 4.78 is 0. The van der Waals surface area contributed by atoms with E-state index in [9.17, 15) is 19.8 Å². The zero-order valence-corrected chi connectivity index (χ0v) is 13.6. The van der Waals surface area contributed by atoms with Gasteiger partial charge < -0.3 is 19.8 Å². The molecule has 0 atom stereocenters. The van der Waals surface area contributed by atoms with Crippen LogP contribution in [0.4, 0.5) is 0 Å². The van der Waals surface area contributed by atoms with Gasteiger partial charge in [-0.05, 0) is 12.0 Å². The van der Waals surface area contributed by atoms with Crippen LogP contribution in [0.1, 0.15) is 23.7 Å². The first-order valence-electron chi connectivity index (χ1n) is 4.04. The molecule has 0 N–H and O–H groups in total. The Kier molecular flexibility index (Phi) is 18.3.